The van der Waals surface area contributed by atoms with Crippen molar-refractivity contribution in [2.24, 2.45) is 0 Å². The fraction of sp³-hybridized carbons (Fsp3) is 0. The van der Waals surface area contributed by atoms with Crippen LogP contribution >= 0.6 is 15.9 Å². The molecule has 6 aromatic carbocycles. The molecule has 0 fully saturated rings. The summed E-state index contributed by atoms with van der Waals surface area (Å²) in [6.07, 6.45) is 0. The standard InChI is InChI=1S/C30H19Br/c31-30-19-29-24-11-5-4-10-23(24)27(18-28(29)25-12-6-7-13-26(25)30)22-16-14-21(15-17-22)20-8-2-1-3-9-20/h1-19H. The third kappa shape index (κ3) is 3.05. The molecule has 6 aromatic rings. The maximum absolute atomic E-state index is 3.80. The first-order valence-electron chi connectivity index (χ1n) is 10.5. The lowest BCUT2D eigenvalue weighted by molar-refractivity contribution is 1.61. The highest BCUT2D eigenvalue weighted by molar-refractivity contribution is 9.10. The highest BCUT2D eigenvalue weighted by atomic mass is 79.9. The fourth-order valence-electron chi connectivity index (χ4n) is 4.62. The molecule has 0 amide bonds. The predicted molar refractivity (Wildman–Crippen MR) is 138 cm³/mol. The molecule has 0 nitrogen and oxygen atoms in total. The van der Waals surface area contributed by atoms with E-state index in [0.717, 1.165) is 4.47 Å². The third-order valence-corrected chi connectivity index (χ3v) is 6.79. The van der Waals surface area contributed by atoms with Gasteiger partial charge in [0, 0.05) is 4.47 Å². The maximum atomic E-state index is 3.80. The molecule has 0 spiro atoms. The van der Waals surface area contributed by atoms with E-state index in [0.29, 0.717) is 0 Å². The lowest BCUT2D eigenvalue weighted by atomic mass is 9.90. The van der Waals surface area contributed by atoms with Gasteiger partial charge in [-0.2, -0.15) is 0 Å². The van der Waals surface area contributed by atoms with Crippen LogP contribution in [-0.2, 0) is 0 Å². The van der Waals surface area contributed by atoms with Crippen LogP contribution in [0.5, 0.6) is 0 Å². The summed E-state index contributed by atoms with van der Waals surface area (Å²) >= 11 is 3.80. The second kappa shape index (κ2) is 7.37. The van der Waals surface area contributed by atoms with Crippen LogP contribution in [0.3, 0.4) is 0 Å². The quantitative estimate of drug-likeness (QED) is 0.226. The molecule has 0 aliphatic rings. The Hall–Kier alpha value is -3.42. The second-order valence-corrected chi connectivity index (χ2v) is 8.77. The van der Waals surface area contributed by atoms with Crippen LogP contribution < -0.4 is 0 Å². The molecule has 0 bridgehead atoms. The Morgan fingerprint density at radius 2 is 0.839 bits per heavy atom. The van der Waals surface area contributed by atoms with Crippen LogP contribution in [0, 0.1) is 0 Å². The Labute approximate surface area is 189 Å². The van der Waals surface area contributed by atoms with E-state index in [1.54, 1.807) is 0 Å². The first-order chi connectivity index (χ1) is 15.3. The Balaban J connectivity index is 1.64. The number of hydrogen-bond donors (Lipinski definition) is 0. The number of fused-ring (bicyclic) bond motifs is 5. The van der Waals surface area contributed by atoms with Gasteiger partial charge in [-0.25, -0.2) is 0 Å². The molecular formula is C30H19Br. The van der Waals surface area contributed by atoms with Crippen LogP contribution in [0.2, 0.25) is 0 Å². The first kappa shape index (κ1) is 18.4. The minimum absolute atomic E-state index is 1.14. The van der Waals surface area contributed by atoms with Crippen molar-refractivity contribution in [2.75, 3.05) is 0 Å². The summed E-state index contributed by atoms with van der Waals surface area (Å²) in [5, 5.41) is 7.67. The topological polar surface area (TPSA) is 0 Å². The summed E-state index contributed by atoms with van der Waals surface area (Å²) in [7, 11) is 0. The van der Waals surface area contributed by atoms with E-state index in [9.17, 15) is 0 Å². The van der Waals surface area contributed by atoms with Gasteiger partial charge in [-0.1, -0.05) is 119 Å². The minimum Gasteiger partial charge on any atom is -0.0622 e. The van der Waals surface area contributed by atoms with Crippen LogP contribution in [0.4, 0.5) is 0 Å². The van der Waals surface area contributed by atoms with Crippen LogP contribution in [0.25, 0.3) is 54.6 Å². The van der Waals surface area contributed by atoms with E-state index >= 15 is 0 Å². The third-order valence-electron chi connectivity index (χ3n) is 6.13. The van der Waals surface area contributed by atoms with Crippen molar-refractivity contribution in [3.63, 3.8) is 0 Å². The highest BCUT2D eigenvalue weighted by Crippen LogP contribution is 2.40. The van der Waals surface area contributed by atoms with Crippen molar-refractivity contribution in [1.29, 1.82) is 0 Å². The maximum Gasteiger partial charge on any atom is 0.0260 e. The summed E-state index contributed by atoms with van der Waals surface area (Å²) in [5.74, 6) is 0. The van der Waals surface area contributed by atoms with Gasteiger partial charge in [0.15, 0.2) is 0 Å². The van der Waals surface area contributed by atoms with Gasteiger partial charge in [0.05, 0.1) is 0 Å². The van der Waals surface area contributed by atoms with Crippen LogP contribution in [-0.4, -0.2) is 0 Å². The zero-order valence-corrected chi connectivity index (χ0v) is 18.4. The van der Waals surface area contributed by atoms with E-state index in [1.165, 1.54) is 54.6 Å². The molecule has 0 aromatic heterocycles. The molecule has 0 aliphatic heterocycles. The Bertz CT molecular complexity index is 1560. The molecule has 0 saturated heterocycles. The molecule has 31 heavy (non-hydrogen) atoms. The van der Waals surface area contributed by atoms with Gasteiger partial charge in [-0.15, -0.1) is 0 Å². The van der Waals surface area contributed by atoms with E-state index in [-0.39, 0.29) is 0 Å². The van der Waals surface area contributed by atoms with Crippen molar-refractivity contribution >= 4 is 48.2 Å². The van der Waals surface area contributed by atoms with Crippen molar-refractivity contribution in [2.45, 2.75) is 0 Å². The SMILES string of the molecule is Brc1cc2c3ccccc3c(-c3ccc(-c4ccccc4)cc3)cc2c2ccccc12. The van der Waals surface area contributed by atoms with E-state index < -0.39 is 0 Å². The lowest BCUT2D eigenvalue weighted by Gasteiger charge is -2.14. The molecule has 1 heteroatoms. The molecular weight excluding hydrogens is 440 g/mol. The molecule has 6 rings (SSSR count). The summed E-state index contributed by atoms with van der Waals surface area (Å²) in [6.45, 7) is 0. The Morgan fingerprint density at radius 3 is 1.55 bits per heavy atom. The molecule has 0 radical (unpaired) electrons. The highest BCUT2D eigenvalue weighted by Gasteiger charge is 2.12. The number of halogens is 1. The van der Waals surface area contributed by atoms with Crippen molar-refractivity contribution in [3.05, 3.63) is 120 Å². The molecule has 0 saturated carbocycles. The lowest BCUT2D eigenvalue weighted by Crippen LogP contribution is -1.87. The molecule has 146 valence electrons. The smallest absolute Gasteiger partial charge is 0.0260 e. The van der Waals surface area contributed by atoms with Gasteiger partial charge in [-0.05, 0) is 66.7 Å². The van der Waals surface area contributed by atoms with Gasteiger partial charge in [0.25, 0.3) is 0 Å². The van der Waals surface area contributed by atoms with E-state index in [4.69, 9.17) is 0 Å². The Morgan fingerprint density at radius 1 is 0.355 bits per heavy atom. The van der Waals surface area contributed by atoms with E-state index in [1.807, 2.05) is 0 Å². The van der Waals surface area contributed by atoms with Gasteiger partial charge < -0.3 is 0 Å². The number of benzene rings is 6. The first-order valence-corrected chi connectivity index (χ1v) is 11.3. The Kier molecular flexibility index (Phi) is 4.36. The van der Waals surface area contributed by atoms with Crippen LogP contribution in [0.15, 0.2) is 120 Å². The molecule has 0 atom stereocenters. The van der Waals surface area contributed by atoms with Crippen molar-refractivity contribution in [3.8, 4) is 22.3 Å². The minimum atomic E-state index is 1.14. The fourth-order valence-corrected chi connectivity index (χ4v) is 5.19. The summed E-state index contributed by atoms with van der Waals surface area (Å²) in [6, 6.07) is 41.5. The van der Waals surface area contributed by atoms with Gasteiger partial charge in [-0.3, -0.25) is 0 Å². The average Bonchev–Trinajstić information content (AvgIpc) is 2.85. The summed E-state index contributed by atoms with van der Waals surface area (Å²) in [5.41, 5.74) is 5.00. The van der Waals surface area contributed by atoms with Crippen molar-refractivity contribution < 1.29 is 0 Å². The van der Waals surface area contributed by atoms with Crippen molar-refractivity contribution in [1.82, 2.24) is 0 Å². The van der Waals surface area contributed by atoms with Gasteiger partial charge in [0.1, 0.15) is 0 Å². The zero-order chi connectivity index (χ0) is 20.8. The summed E-state index contributed by atoms with van der Waals surface area (Å²) < 4.78 is 1.14. The number of rotatable bonds is 2. The van der Waals surface area contributed by atoms with E-state index in [2.05, 4.69) is 131 Å². The zero-order valence-electron chi connectivity index (χ0n) is 16.8. The van der Waals surface area contributed by atoms with Gasteiger partial charge >= 0.3 is 0 Å². The number of hydrogen-bond acceptors (Lipinski definition) is 0. The average molecular weight is 459 g/mol. The molecule has 0 N–H and O–H groups in total. The molecule has 0 heterocycles. The largest absolute Gasteiger partial charge is 0.0622 e. The second-order valence-electron chi connectivity index (χ2n) is 7.91. The molecule has 0 unspecified atom stereocenters. The summed E-state index contributed by atoms with van der Waals surface area (Å²) in [4.78, 5) is 0. The normalized spacial score (nSPS) is 11.4. The monoisotopic (exact) mass is 458 g/mol. The van der Waals surface area contributed by atoms with Crippen LogP contribution in [0.1, 0.15) is 0 Å². The molecule has 0 aliphatic carbocycles. The van der Waals surface area contributed by atoms with Gasteiger partial charge in [0.2, 0.25) is 0 Å². The predicted octanol–water partition coefficient (Wildman–Crippen LogP) is 9.24.